The molecule has 0 atom stereocenters. The van der Waals surface area contributed by atoms with Crippen LogP contribution in [0.3, 0.4) is 0 Å². The maximum atomic E-state index is 13.1. The summed E-state index contributed by atoms with van der Waals surface area (Å²) in [5, 5.41) is 1.94. The Hall–Kier alpha value is -4.08. The third kappa shape index (κ3) is 4.46. The number of aryl methyl sites for hydroxylation is 1. The highest BCUT2D eigenvalue weighted by Gasteiger charge is 2.18. The second-order valence-electron chi connectivity index (χ2n) is 8.40. The molecule has 3 aromatic heterocycles. The van der Waals surface area contributed by atoms with E-state index in [0.717, 1.165) is 31.5 Å². The minimum atomic E-state index is -0.436. The number of ether oxygens (including phenoxy) is 2. The van der Waals surface area contributed by atoms with Gasteiger partial charge in [0.15, 0.2) is 0 Å². The zero-order chi connectivity index (χ0) is 25.2. The Morgan fingerprint density at radius 3 is 2.58 bits per heavy atom. The van der Waals surface area contributed by atoms with E-state index in [1.54, 1.807) is 14.0 Å². The second kappa shape index (κ2) is 9.88. The van der Waals surface area contributed by atoms with Crippen LogP contribution in [-0.4, -0.2) is 19.1 Å². The third-order valence-electron chi connectivity index (χ3n) is 5.98. The minimum Gasteiger partial charge on any atom is -0.437 e. The summed E-state index contributed by atoms with van der Waals surface area (Å²) >= 11 is 1.51. The molecule has 0 spiro atoms. The predicted molar refractivity (Wildman–Crippen MR) is 140 cm³/mol. The Morgan fingerprint density at radius 1 is 1.00 bits per heavy atom. The predicted octanol–water partition coefficient (Wildman–Crippen LogP) is 4.80. The molecule has 2 aromatic carbocycles. The summed E-state index contributed by atoms with van der Waals surface area (Å²) in [5.41, 5.74) is 3.66. The highest BCUT2D eigenvalue weighted by atomic mass is 32.1. The highest BCUT2D eigenvalue weighted by molar-refractivity contribution is 7.17. The summed E-state index contributed by atoms with van der Waals surface area (Å²) < 4.78 is 15.2. The molecule has 0 bridgehead atoms. The molecular weight excluding hydrogens is 476 g/mol. The van der Waals surface area contributed by atoms with Crippen LogP contribution in [0.5, 0.6) is 11.6 Å². The molecule has 0 fully saturated rings. The average molecular weight is 501 g/mol. The quantitative estimate of drug-likeness (QED) is 0.319. The molecule has 0 unspecified atom stereocenters. The van der Waals surface area contributed by atoms with Gasteiger partial charge in [0, 0.05) is 18.2 Å². The van der Waals surface area contributed by atoms with E-state index in [-0.39, 0.29) is 12.3 Å². The molecular formula is C27H24N4O4S. The molecule has 0 N–H and O–H groups in total. The maximum absolute atomic E-state index is 13.1. The summed E-state index contributed by atoms with van der Waals surface area (Å²) in [7, 11) is 1.66. The minimum absolute atomic E-state index is 0.122. The van der Waals surface area contributed by atoms with Crippen LogP contribution in [0.2, 0.25) is 0 Å². The van der Waals surface area contributed by atoms with Gasteiger partial charge in [0.05, 0.1) is 17.8 Å². The number of benzene rings is 2. The molecule has 36 heavy (non-hydrogen) atoms. The molecule has 0 amide bonds. The molecule has 0 aliphatic heterocycles. The van der Waals surface area contributed by atoms with E-state index < -0.39 is 5.69 Å². The normalized spacial score (nSPS) is 11.2. The van der Waals surface area contributed by atoms with E-state index in [4.69, 9.17) is 9.47 Å². The van der Waals surface area contributed by atoms with E-state index in [0.29, 0.717) is 29.5 Å². The monoisotopic (exact) mass is 500 g/mol. The van der Waals surface area contributed by atoms with Gasteiger partial charge in [0.2, 0.25) is 5.88 Å². The highest BCUT2D eigenvalue weighted by Crippen LogP contribution is 2.33. The molecule has 0 aliphatic rings. The van der Waals surface area contributed by atoms with Crippen LogP contribution in [-0.2, 0) is 25.1 Å². The zero-order valence-electron chi connectivity index (χ0n) is 20.1. The lowest BCUT2D eigenvalue weighted by Crippen LogP contribution is -2.41. The van der Waals surface area contributed by atoms with Gasteiger partial charge in [-0.1, -0.05) is 30.3 Å². The van der Waals surface area contributed by atoms with Crippen LogP contribution in [0.4, 0.5) is 0 Å². The fourth-order valence-corrected chi connectivity index (χ4v) is 4.93. The van der Waals surface area contributed by atoms with Gasteiger partial charge in [0.1, 0.15) is 23.5 Å². The SMILES string of the molecule is Cc1cc(Oc2ncnc3ccsc23)ccc1-c1c(C)c(=O)n(COCc2ccccc2)c(=O)n1C. The van der Waals surface area contributed by atoms with Crippen molar-refractivity contribution in [3.8, 4) is 22.9 Å². The fraction of sp³-hybridized carbons (Fsp3) is 0.185. The summed E-state index contributed by atoms with van der Waals surface area (Å²) in [6, 6.07) is 17.1. The number of aromatic nitrogens is 4. The van der Waals surface area contributed by atoms with Crippen LogP contribution in [0.1, 0.15) is 16.7 Å². The molecule has 5 rings (SSSR count). The van der Waals surface area contributed by atoms with Crippen molar-refractivity contribution in [2.45, 2.75) is 27.2 Å². The lowest BCUT2D eigenvalue weighted by Gasteiger charge is -2.17. The first kappa shape index (κ1) is 23.7. The topological polar surface area (TPSA) is 88.2 Å². The van der Waals surface area contributed by atoms with Gasteiger partial charge in [-0.15, -0.1) is 11.3 Å². The van der Waals surface area contributed by atoms with Crippen LogP contribution >= 0.6 is 11.3 Å². The first-order chi connectivity index (χ1) is 17.4. The number of thiophene rings is 1. The van der Waals surface area contributed by atoms with Crippen LogP contribution in [0.15, 0.2) is 75.9 Å². The Bertz CT molecular complexity index is 1630. The van der Waals surface area contributed by atoms with Crippen molar-refractivity contribution in [2.75, 3.05) is 0 Å². The molecule has 9 heteroatoms. The van der Waals surface area contributed by atoms with E-state index in [9.17, 15) is 9.59 Å². The van der Waals surface area contributed by atoms with Gasteiger partial charge in [-0.25, -0.2) is 19.3 Å². The molecule has 3 heterocycles. The Balaban J connectivity index is 1.43. The van der Waals surface area contributed by atoms with Gasteiger partial charge < -0.3 is 9.47 Å². The third-order valence-corrected chi connectivity index (χ3v) is 6.88. The summed E-state index contributed by atoms with van der Waals surface area (Å²) in [6.07, 6.45) is 1.48. The standard InChI is InChI=1S/C27H24N4O4S/c1-17-13-20(35-25-24-22(11-12-36-24)28-15-29-25)9-10-21(17)23-18(2)26(32)31(27(33)30(23)3)16-34-14-19-7-5-4-6-8-19/h4-13,15H,14,16H2,1-3H3. The van der Waals surface area contributed by atoms with E-state index in [1.165, 1.54) is 22.2 Å². The zero-order valence-corrected chi connectivity index (χ0v) is 20.9. The molecule has 8 nitrogen and oxygen atoms in total. The molecule has 0 aliphatic carbocycles. The maximum Gasteiger partial charge on any atom is 0.333 e. The lowest BCUT2D eigenvalue weighted by molar-refractivity contribution is 0.0580. The van der Waals surface area contributed by atoms with Gasteiger partial charge in [0.25, 0.3) is 5.56 Å². The Kier molecular flexibility index (Phi) is 6.49. The van der Waals surface area contributed by atoms with Crippen LogP contribution < -0.4 is 16.0 Å². The number of hydrogen-bond donors (Lipinski definition) is 0. The van der Waals surface area contributed by atoms with Crippen molar-refractivity contribution in [1.82, 2.24) is 19.1 Å². The van der Waals surface area contributed by atoms with Crippen molar-refractivity contribution in [3.63, 3.8) is 0 Å². The van der Waals surface area contributed by atoms with Gasteiger partial charge >= 0.3 is 5.69 Å². The van der Waals surface area contributed by atoms with E-state index in [2.05, 4.69) is 9.97 Å². The van der Waals surface area contributed by atoms with Gasteiger partial charge in [-0.05, 0) is 54.6 Å². The molecule has 0 saturated heterocycles. The number of hydrogen-bond acceptors (Lipinski definition) is 7. The average Bonchev–Trinajstić information content (AvgIpc) is 3.37. The first-order valence-electron chi connectivity index (χ1n) is 11.3. The van der Waals surface area contributed by atoms with E-state index >= 15 is 0 Å². The van der Waals surface area contributed by atoms with Crippen molar-refractivity contribution in [3.05, 3.63) is 104 Å². The second-order valence-corrected chi connectivity index (χ2v) is 9.32. The Morgan fingerprint density at radius 2 is 1.81 bits per heavy atom. The van der Waals surface area contributed by atoms with Crippen molar-refractivity contribution in [1.29, 1.82) is 0 Å². The van der Waals surface area contributed by atoms with E-state index in [1.807, 2.05) is 66.9 Å². The van der Waals surface area contributed by atoms with Gasteiger partial charge in [-0.3, -0.25) is 9.36 Å². The lowest BCUT2D eigenvalue weighted by atomic mass is 10.0. The smallest absolute Gasteiger partial charge is 0.333 e. The number of nitrogens with zero attached hydrogens (tertiary/aromatic N) is 4. The Labute approximate surface area is 211 Å². The van der Waals surface area contributed by atoms with Crippen LogP contribution in [0.25, 0.3) is 21.5 Å². The molecule has 0 saturated carbocycles. The van der Waals surface area contributed by atoms with Crippen molar-refractivity contribution < 1.29 is 9.47 Å². The fourth-order valence-electron chi connectivity index (χ4n) is 4.16. The molecule has 0 radical (unpaired) electrons. The molecule has 182 valence electrons. The van der Waals surface area contributed by atoms with Crippen LogP contribution in [0, 0.1) is 13.8 Å². The summed E-state index contributed by atoms with van der Waals surface area (Å²) in [6.45, 7) is 3.83. The number of fused-ring (bicyclic) bond motifs is 1. The van der Waals surface area contributed by atoms with Crippen molar-refractivity contribution in [2.24, 2.45) is 7.05 Å². The molecule has 5 aromatic rings. The van der Waals surface area contributed by atoms with Gasteiger partial charge in [-0.2, -0.15) is 0 Å². The summed E-state index contributed by atoms with van der Waals surface area (Å²) in [5.74, 6) is 1.10. The summed E-state index contributed by atoms with van der Waals surface area (Å²) in [4.78, 5) is 34.7. The first-order valence-corrected chi connectivity index (χ1v) is 12.2. The van der Waals surface area contributed by atoms with Crippen molar-refractivity contribution >= 4 is 21.6 Å². The number of rotatable bonds is 7. The largest absolute Gasteiger partial charge is 0.437 e.